The number of hydrogen-bond donors (Lipinski definition) is 12. The van der Waals surface area contributed by atoms with Crippen LogP contribution in [0, 0.1) is 11.8 Å². The summed E-state index contributed by atoms with van der Waals surface area (Å²) in [6.07, 6.45) is -2.50. The average Bonchev–Trinajstić information content (AvgIpc) is 3.25. The maximum absolute atomic E-state index is 14.0. The van der Waals surface area contributed by atoms with E-state index < -0.39 is 164 Å². The third kappa shape index (κ3) is 19.2. The van der Waals surface area contributed by atoms with Crippen molar-refractivity contribution in [2.45, 2.75) is 122 Å². The SMILES string of the molecule is CCC(C)C1NC(=O)[C@H](Cc2ccc(O)cc2)NC(=O)CCC(=O)NC[C@@H](C(=O)N(C)CC(=O)N[C@@](C)(CC(C)C)C(=O)NCC(N)=O)NC(=O)[C@H](CC(N)=O)NC(=O)[C@H](CCC(N)=O)NC1=O. The number of primary amides is 3. The Hall–Kier alpha value is -7.34. The van der Waals surface area contributed by atoms with E-state index in [0.29, 0.717) is 12.0 Å². The second kappa shape index (κ2) is 26.7. The number of carbonyl (C=O) groups excluding carboxylic acids is 12. The number of hydrogen-bond acceptors (Lipinski definition) is 13. The predicted molar refractivity (Wildman–Crippen MR) is 241 cm³/mol. The molecule has 1 aromatic rings. The van der Waals surface area contributed by atoms with Crippen LogP contribution in [0.2, 0.25) is 0 Å². The molecule has 1 aliphatic heterocycles. The van der Waals surface area contributed by atoms with Crippen molar-refractivity contribution in [3.05, 3.63) is 29.8 Å². The summed E-state index contributed by atoms with van der Waals surface area (Å²) in [6.45, 7) is 6.36. The van der Waals surface area contributed by atoms with Crippen LogP contribution in [0.1, 0.15) is 85.1 Å². The number of likely N-dealkylation sites (N-methyl/N-ethyl adjacent to an activating group) is 1. The number of carbonyl (C=O) groups is 12. The number of aromatic hydroxyl groups is 1. The third-order valence-electron chi connectivity index (χ3n) is 10.8. The van der Waals surface area contributed by atoms with E-state index in [0.717, 1.165) is 11.9 Å². The maximum Gasteiger partial charge on any atom is 0.247 e. The lowest BCUT2D eigenvalue weighted by atomic mass is 9.89. The number of phenolic OH excluding ortho intramolecular Hbond substituents is 1. The monoisotopic (exact) mass is 958 g/mol. The summed E-state index contributed by atoms with van der Waals surface area (Å²) in [5, 5.41) is 29.5. The molecule has 25 heteroatoms. The van der Waals surface area contributed by atoms with E-state index in [1.165, 1.54) is 31.2 Å². The smallest absolute Gasteiger partial charge is 0.247 e. The lowest BCUT2D eigenvalue weighted by Crippen LogP contribution is -2.62. The van der Waals surface area contributed by atoms with Gasteiger partial charge in [0.05, 0.1) is 19.5 Å². The summed E-state index contributed by atoms with van der Waals surface area (Å²) in [5.41, 5.74) is 14.9. The van der Waals surface area contributed by atoms with Gasteiger partial charge in [-0.25, -0.2) is 0 Å². The highest BCUT2D eigenvalue weighted by molar-refractivity contribution is 5.99. The topological polar surface area (TPSA) is 403 Å². The van der Waals surface area contributed by atoms with Crippen LogP contribution in [0.25, 0.3) is 0 Å². The fraction of sp³-hybridized carbons (Fsp3) is 0.581. The van der Waals surface area contributed by atoms with Gasteiger partial charge in [0.2, 0.25) is 70.9 Å². The Kier molecular flexibility index (Phi) is 22.3. The zero-order valence-corrected chi connectivity index (χ0v) is 39.2. The van der Waals surface area contributed by atoms with Crippen LogP contribution in [0.4, 0.5) is 0 Å². The van der Waals surface area contributed by atoms with Gasteiger partial charge in [0, 0.05) is 39.3 Å². The second-order valence-corrected chi connectivity index (χ2v) is 17.3. The summed E-state index contributed by atoms with van der Waals surface area (Å²) in [7, 11) is 1.16. The van der Waals surface area contributed by atoms with E-state index in [2.05, 4.69) is 42.5 Å². The van der Waals surface area contributed by atoms with Crippen molar-refractivity contribution in [1.82, 2.24) is 47.4 Å². The van der Waals surface area contributed by atoms with Crippen LogP contribution >= 0.6 is 0 Å². The minimum absolute atomic E-state index is 0.0696. The van der Waals surface area contributed by atoms with Crippen LogP contribution in [0.5, 0.6) is 5.75 Å². The summed E-state index contributed by atoms with van der Waals surface area (Å²) in [4.78, 5) is 159. The van der Waals surface area contributed by atoms with Crippen molar-refractivity contribution in [2.24, 2.45) is 29.0 Å². The lowest BCUT2D eigenvalue weighted by molar-refractivity contribution is -0.141. The van der Waals surface area contributed by atoms with Crippen LogP contribution < -0.4 is 59.7 Å². The Morgan fingerprint density at radius 2 is 1.37 bits per heavy atom. The fourth-order valence-electron chi connectivity index (χ4n) is 7.09. The summed E-state index contributed by atoms with van der Waals surface area (Å²) in [5.74, 6) is -11.9. The molecule has 0 aliphatic carbocycles. The number of nitrogens with one attached hydrogen (secondary N) is 8. The molecule has 1 saturated heterocycles. The normalized spacial score (nSPS) is 21.4. The van der Waals surface area contributed by atoms with Crippen LogP contribution in [0.15, 0.2) is 24.3 Å². The van der Waals surface area contributed by atoms with E-state index in [1.807, 2.05) is 0 Å². The summed E-state index contributed by atoms with van der Waals surface area (Å²) in [6, 6.07) is -2.18. The molecule has 376 valence electrons. The van der Waals surface area contributed by atoms with Crippen LogP contribution in [-0.4, -0.2) is 143 Å². The number of nitrogens with zero attached hydrogens (tertiary/aromatic N) is 1. The number of phenols is 1. The van der Waals surface area contributed by atoms with Gasteiger partial charge in [0.1, 0.15) is 41.5 Å². The molecular formula is C43H66N12O13. The molecule has 15 N–H and O–H groups in total. The summed E-state index contributed by atoms with van der Waals surface area (Å²) < 4.78 is 0. The Balaban J connectivity index is 2.61. The molecule has 0 aromatic heterocycles. The van der Waals surface area contributed by atoms with Crippen molar-refractivity contribution in [3.8, 4) is 5.75 Å². The first kappa shape index (κ1) is 56.8. The van der Waals surface area contributed by atoms with Gasteiger partial charge >= 0.3 is 0 Å². The van der Waals surface area contributed by atoms with Crippen molar-refractivity contribution in [3.63, 3.8) is 0 Å². The first-order valence-electron chi connectivity index (χ1n) is 22.0. The van der Waals surface area contributed by atoms with Crippen LogP contribution in [0.3, 0.4) is 0 Å². The lowest BCUT2D eigenvalue weighted by Gasteiger charge is -2.32. The highest BCUT2D eigenvalue weighted by Gasteiger charge is 2.38. The molecule has 0 bridgehead atoms. The molecule has 1 fully saturated rings. The molecule has 2 rings (SSSR count). The molecule has 1 aromatic carbocycles. The van der Waals surface area contributed by atoms with E-state index in [4.69, 9.17) is 17.2 Å². The Labute approximate surface area is 393 Å². The van der Waals surface area contributed by atoms with Gasteiger partial charge < -0.3 is 69.7 Å². The number of amides is 12. The Bertz CT molecular complexity index is 2050. The zero-order chi connectivity index (χ0) is 51.5. The van der Waals surface area contributed by atoms with E-state index in [9.17, 15) is 62.6 Å². The molecule has 1 aliphatic rings. The van der Waals surface area contributed by atoms with E-state index >= 15 is 0 Å². The molecule has 25 nitrogen and oxygen atoms in total. The highest BCUT2D eigenvalue weighted by Crippen LogP contribution is 2.18. The quantitative estimate of drug-likeness (QED) is 0.0661. The predicted octanol–water partition coefficient (Wildman–Crippen LogP) is -4.56. The number of nitrogens with two attached hydrogens (primary N) is 3. The van der Waals surface area contributed by atoms with Gasteiger partial charge in [-0.15, -0.1) is 0 Å². The van der Waals surface area contributed by atoms with Gasteiger partial charge in [-0.1, -0.05) is 46.2 Å². The third-order valence-corrected chi connectivity index (χ3v) is 10.8. The first-order valence-corrected chi connectivity index (χ1v) is 22.0. The average molecular weight is 959 g/mol. The Morgan fingerprint density at radius 1 is 0.779 bits per heavy atom. The molecular weight excluding hydrogens is 893 g/mol. The molecule has 1 heterocycles. The number of rotatable bonds is 18. The van der Waals surface area contributed by atoms with Crippen molar-refractivity contribution >= 4 is 70.9 Å². The minimum Gasteiger partial charge on any atom is -0.508 e. The molecule has 0 radical (unpaired) electrons. The first-order chi connectivity index (χ1) is 31.7. The van der Waals surface area contributed by atoms with Crippen LogP contribution in [-0.2, 0) is 64.0 Å². The van der Waals surface area contributed by atoms with Gasteiger partial charge in [-0.3, -0.25) is 57.5 Å². The molecule has 7 atom stereocenters. The Morgan fingerprint density at radius 3 is 1.94 bits per heavy atom. The molecule has 2 unspecified atom stereocenters. The van der Waals surface area contributed by atoms with Gasteiger partial charge in [-0.2, -0.15) is 0 Å². The van der Waals surface area contributed by atoms with Crippen molar-refractivity contribution in [2.75, 3.05) is 26.7 Å². The van der Waals surface area contributed by atoms with E-state index in [1.54, 1.807) is 27.7 Å². The van der Waals surface area contributed by atoms with Gasteiger partial charge in [0.15, 0.2) is 0 Å². The fourth-order valence-corrected chi connectivity index (χ4v) is 7.09. The standard InChI is InChI=1S/C43H66N12O13/c1-7-23(4)36-40(66)50-26(12-13-30(44)57)37(63)51-28(17-31(45)58)38(64)52-29(41(67)55(6)21-35(62)54-43(5,18-22(2)3)42(68)48-20-32(46)59)19-47-33(60)14-15-34(61)49-27(39(65)53-36)16-24-8-10-25(56)11-9-24/h8-11,22-23,26-29,36,56H,7,12-21H2,1-6H3,(H2,44,57)(H2,45,58)(H2,46,59)(H,47,60)(H,48,68)(H,49,61)(H,50,66)(H,51,63)(H,52,64)(H,53,65)(H,54,62)/t23?,26-,27-,28-,29-,36?,43-/m0/s1. The highest BCUT2D eigenvalue weighted by atomic mass is 16.3. The second-order valence-electron chi connectivity index (χ2n) is 17.3. The zero-order valence-electron chi connectivity index (χ0n) is 39.2. The molecule has 0 spiro atoms. The molecule has 0 saturated carbocycles. The minimum atomic E-state index is -1.84. The van der Waals surface area contributed by atoms with Crippen molar-refractivity contribution < 1.29 is 62.6 Å². The number of benzene rings is 1. The van der Waals surface area contributed by atoms with Gasteiger partial charge in [0.25, 0.3) is 0 Å². The van der Waals surface area contributed by atoms with Crippen molar-refractivity contribution in [1.29, 1.82) is 0 Å². The molecule has 12 amide bonds. The van der Waals surface area contributed by atoms with Gasteiger partial charge in [-0.05, 0) is 49.3 Å². The molecule has 68 heavy (non-hydrogen) atoms. The van der Waals surface area contributed by atoms with E-state index in [-0.39, 0.29) is 24.5 Å². The maximum atomic E-state index is 14.0. The summed E-state index contributed by atoms with van der Waals surface area (Å²) >= 11 is 0. The largest absolute Gasteiger partial charge is 0.508 e.